The molecule has 1 aromatic heterocycles. The van der Waals surface area contributed by atoms with E-state index in [0.717, 1.165) is 22.6 Å². The predicted octanol–water partition coefficient (Wildman–Crippen LogP) is 2.87. The van der Waals surface area contributed by atoms with E-state index in [1.54, 1.807) is 6.07 Å². The van der Waals surface area contributed by atoms with E-state index in [1.165, 1.54) is 0 Å². The van der Waals surface area contributed by atoms with E-state index in [0.29, 0.717) is 18.5 Å². The Morgan fingerprint density at radius 1 is 1.27 bits per heavy atom. The molecule has 2 heterocycles. The number of carboxylic acids is 1. The Morgan fingerprint density at radius 3 is 2.65 bits per heavy atom. The van der Waals surface area contributed by atoms with Gasteiger partial charge >= 0.3 is 5.97 Å². The Balaban J connectivity index is 1.78. The average molecular weight is 355 g/mol. The van der Waals surface area contributed by atoms with Gasteiger partial charge in [0, 0.05) is 18.7 Å². The van der Waals surface area contributed by atoms with Crippen molar-refractivity contribution in [1.29, 1.82) is 0 Å². The van der Waals surface area contributed by atoms with Crippen LogP contribution in [0.15, 0.2) is 24.4 Å². The number of aromatic nitrogens is 2. The molecule has 138 valence electrons. The Hall–Kier alpha value is -2.63. The van der Waals surface area contributed by atoms with Crippen molar-refractivity contribution in [2.24, 2.45) is 5.92 Å². The maximum absolute atomic E-state index is 12.8. The van der Waals surface area contributed by atoms with Crippen LogP contribution in [0.25, 0.3) is 0 Å². The summed E-state index contributed by atoms with van der Waals surface area (Å²) in [6, 6.07) is 4.44. The van der Waals surface area contributed by atoms with Gasteiger partial charge in [0.1, 0.15) is 5.82 Å². The van der Waals surface area contributed by atoms with Gasteiger partial charge < -0.3 is 15.0 Å². The number of nitrogens with one attached hydrogen (secondary N) is 1. The number of imidazole rings is 1. The minimum Gasteiger partial charge on any atom is -0.479 e. The summed E-state index contributed by atoms with van der Waals surface area (Å²) in [4.78, 5) is 29.1. The number of benzene rings is 1. The van der Waals surface area contributed by atoms with Crippen molar-refractivity contribution in [2.45, 2.75) is 52.6 Å². The smallest absolute Gasteiger partial charge is 0.330 e. The van der Waals surface area contributed by atoms with Crippen molar-refractivity contribution in [3.63, 3.8) is 0 Å². The normalized spacial score (nSPS) is 20.3. The molecular weight excluding hydrogens is 330 g/mol. The van der Waals surface area contributed by atoms with Crippen molar-refractivity contribution < 1.29 is 14.7 Å². The number of nitrogens with zero attached hydrogens (tertiary/aromatic N) is 2. The predicted molar refractivity (Wildman–Crippen MR) is 97.9 cm³/mol. The summed E-state index contributed by atoms with van der Waals surface area (Å²) in [5.41, 5.74) is 3.63. The fourth-order valence-corrected chi connectivity index (χ4v) is 3.63. The molecule has 1 aliphatic heterocycles. The highest BCUT2D eigenvalue weighted by molar-refractivity contribution is 5.86. The van der Waals surface area contributed by atoms with Crippen LogP contribution in [0, 0.1) is 26.7 Å². The van der Waals surface area contributed by atoms with E-state index < -0.39 is 12.0 Å². The van der Waals surface area contributed by atoms with Crippen LogP contribution >= 0.6 is 0 Å². The second kappa shape index (κ2) is 6.94. The van der Waals surface area contributed by atoms with Crippen molar-refractivity contribution in [3.05, 3.63) is 52.6 Å². The molecule has 3 atom stereocenters. The van der Waals surface area contributed by atoms with Crippen molar-refractivity contribution >= 4 is 11.9 Å². The van der Waals surface area contributed by atoms with E-state index in [2.05, 4.69) is 17.2 Å². The van der Waals surface area contributed by atoms with Crippen LogP contribution in [0.5, 0.6) is 0 Å². The Kier molecular flexibility index (Phi) is 4.85. The van der Waals surface area contributed by atoms with Crippen molar-refractivity contribution in [3.8, 4) is 0 Å². The van der Waals surface area contributed by atoms with Crippen LogP contribution in [0.3, 0.4) is 0 Å². The van der Waals surface area contributed by atoms with Gasteiger partial charge in [-0.1, -0.05) is 25.1 Å². The van der Waals surface area contributed by atoms with Crippen LogP contribution in [-0.2, 0) is 16.1 Å². The van der Waals surface area contributed by atoms with Gasteiger partial charge in [-0.2, -0.15) is 0 Å². The molecule has 0 saturated carbocycles. The molecule has 0 radical (unpaired) electrons. The Labute approximate surface area is 153 Å². The summed E-state index contributed by atoms with van der Waals surface area (Å²) in [6.45, 7) is 8.43. The molecule has 3 rings (SSSR count). The summed E-state index contributed by atoms with van der Waals surface area (Å²) >= 11 is 0. The number of carbonyl (C=O) groups is 2. The number of carboxylic acid groups (broad SMARTS) is 1. The highest BCUT2D eigenvalue weighted by Crippen LogP contribution is 2.30. The topological polar surface area (TPSA) is 84.2 Å². The average Bonchev–Trinajstić information content (AvgIpc) is 2.95. The standard InChI is InChI=1S/C20H25N3O3/c1-11-5-6-15(7-12(11)2)17(20(25)26)22-19(24)16-8-13(3)18-21-14(4)9-23(18)10-16/h5-7,9,13,16-17H,8,10H2,1-4H3,(H,22,24)(H,25,26)/t13-,16+,17?/m1/s1. The lowest BCUT2D eigenvalue weighted by atomic mass is 9.90. The minimum absolute atomic E-state index is 0.165. The summed E-state index contributed by atoms with van der Waals surface area (Å²) < 4.78 is 2.01. The quantitative estimate of drug-likeness (QED) is 0.883. The minimum atomic E-state index is -1.05. The van der Waals surface area contributed by atoms with E-state index in [1.807, 2.05) is 43.7 Å². The second-order valence-electron chi connectivity index (χ2n) is 7.35. The summed E-state index contributed by atoms with van der Waals surface area (Å²) in [7, 11) is 0. The highest BCUT2D eigenvalue weighted by atomic mass is 16.4. The summed E-state index contributed by atoms with van der Waals surface area (Å²) in [5.74, 6) is -0.378. The lowest BCUT2D eigenvalue weighted by molar-refractivity contribution is -0.143. The number of aliphatic carboxylic acids is 1. The SMILES string of the molecule is Cc1cn2c(n1)[C@H](C)C[C@H](C(=O)NC(C(=O)O)c1ccc(C)c(C)c1)C2. The Bertz CT molecular complexity index is 856. The number of aryl methyl sites for hydroxylation is 3. The van der Waals surface area contributed by atoms with Gasteiger partial charge in [-0.05, 0) is 43.9 Å². The molecule has 6 heteroatoms. The maximum Gasteiger partial charge on any atom is 0.330 e. The molecule has 1 aliphatic rings. The van der Waals surface area contributed by atoms with Crippen molar-refractivity contribution in [1.82, 2.24) is 14.9 Å². The first-order valence-electron chi connectivity index (χ1n) is 8.90. The van der Waals surface area contributed by atoms with Gasteiger partial charge in [0.05, 0.1) is 11.6 Å². The molecule has 1 aromatic carbocycles. The molecular formula is C20H25N3O3. The van der Waals surface area contributed by atoms with Gasteiger partial charge in [0.2, 0.25) is 5.91 Å². The first kappa shape index (κ1) is 18.2. The number of carbonyl (C=O) groups excluding carboxylic acids is 1. The largest absolute Gasteiger partial charge is 0.479 e. The molecule has 1 unspecified atom stereocenters. The molecule has 1 amide bonds. The van der Waals surface area contributed by atoms with Crippen LogP contribution in [0.1, 0.15) is 53.5 Å². The number of amides is 1. The molecule has 0 saturated heterocycles. The van der Waals surface area contributed by atoms with Gasteiger partial charge in [-0.15, -0.1) is 0 Å². The zero-order valence-corrected chi connectivity index (χ0v) is 15.6. The lowest BCUT2D eigenvalue weighted by Crippen LogP contribution is -2.41. The van der Waals surface area contributed by atoms with E-state index in [-0.39, 0.29) is 17.7 Å². The van der Waals surface area contributed by atoms with Crippen LogP contribution in [0.2, 0.25) is 0 Å². The van der Waals surface area contributed by atoms with Gasteiger partial charge in [-0.3, -0.25) is 4.79 Å². The molecule has 0 bridgehead atoms. The molecule has 0 fully saturated rings. The third-order valence-electron chi connectivity index (χ3n) is 5.19. The van der Waals surface area contributed by atoms with Crippen molar-refractivity contribution in [2.75, 3.05) is 0 Å². The van der Waals surface area contributed by atoms with Crippen LogP contribution < -0.4 is 5.32 Å². The summed E-state index contributed by atoms with van der Waals surface area (Å²) in [5, 5.41) is 12.4. The molecule has 26 heavy (non-hydrogen) atoms. The Morgan fingerprint density at radius 2 is 2.00 bits per heavy atom. The number of hydrogen-bond acceptors (Lipinski definition) is 3. The fourth-order valence-electron chi connectivity index (χ4n) is 3.63. The van der Waals surface area contributed by atoms with Gasteiger partial charge in [0.25, 0.3) is 0 Å². The van der Waals surface area contributed by atoms with Crippen LogP contribution in [-0.4, -0.2) is 26.5 Å². The highest BCUT2D eigenvalue weighted by Gasteiger charge is 2.32. The third-order valence-corrected chi connectivity index (χ3v) is 5.19. The van der Waals surface area contributed by atoms with E-state index in [9.17, 15) is 14.7 Å². The zero-order chi connectivity index (χ0) is 19.0. The molecule has 2 N–H and O–H groups in total. The van der Waals surface area contributed by atoms with Crippen LogP contribution in [0.4, 0.5) is 0 Å². The number of fused-ring (bicyclic) bond motifs is 1. The van der Waals surface area contributed by atoms with E-state index in [4.69, 9.17) is 0 Å². The fraction of sp³-hybridized carbons (Fsp3) is 0.450. The lowest BCUT2D eigenvalue weighted by Gasteiger charge is -2.28. The maximum atomic E-state index is 12.8. The molecule has 2 aromatic rings. The van der Waals surface area contributed by atoms with Gasteiger partial charge in [0.15, 0.2) is 6.04 Å². The first-order chi connectivity index (χ1) is 12.3. The number of rotatable bonds is 4. The van der Waals surface area contributed by atoms with E-state index >= 15 is 0 Å². The third kappa shape index (κ3) is 3.49. The summed E-state index contributed by atoms with van der Waals surface area (Å²) in [6.07, 6.45) is 2.62. The molecule has 6 nitrogen and oxygen atoms in total. The number of hydrogen-bond donors (Lipinski definition) is 2. The monoisotopic (exact) mass is 355 g/mol. The second-order valence-corrected chi connectivity index (χ2v) is 7.35. The first-order valence-corrected chi connectivity index (χ1v) is 8.90. The zero-order valence-electron chi connectivity index (χ0n) is 15.6. The molecule has 0 spiro atoms. The molecule has 0 aliphatic carbocycles. The van der Waals surface area contributed by atoms with Gasteiger partial charge in [-0.25, -0.2) is 9.78 Å².